The van der Waals surface area contributed by atoms with Gasteiger partial charge in [-0.3, -0.25) is 9.98 Å². The Labute approximate surface area is 173 Å². The molecular weight excluding hydrogens is 405 g/mol. The van der Waals surface area contributed by atoms with Gasteiger partial charge in [0.1, 0.15) is 22.9 Å². The Hall–Kier alpha value is -4.15. The summed E-state index contributed by atoms with van der Waals surface area (Å²) in [6.07, 6.45) is 5.07. The van der Waals surface area contributed by atoms with E-state index in [4.69, 9.17) is 4.74 Å². The number of ether oxygens (including phenoxy) is 1. The van der Waals surface area contributed by atoms with E-state index >= 15 is 0 Å². The zero-order valence-electron chi connectivity index (χ0n) is 16.4. The Morgan fingerprint density at radius 1 is 1.39 bits per heavy atom. The van der Waals surface area contributed by atoms with Crippen LogP contribution in [0.2, 0.25) is 0 Å². The highest BCUT2D eigenvalue weighted by Crippen LogP contribution is 2.29. The van der Waals surface area contributed by atoms with E-state index in [-0.39, 0.29) is 23.3 Å². The minimum absolute atomic E-state index is 0.150. The van der Waals surface area contributed by atoms with Crippen molar-refractivity contribution in [3.63, 3.8) is 0 Å². The molecule has 0 spiro atoms. The molecule has 4 aromatic rings. The van der Waals surface area contributed by atoms with E-state index in [1.165, 1.54) is 19.3 Å². The summed E-state index contributed by atoms with van der Waals surface area (Å²) < 4.78 is 21.2. The Bertz CT molecular complexity index is 1470. The molecule has 158 valence electrons. The van der Waals surface area contributed by atoms with Gasteiger partial charge < -0.3 is 20.1 Å². The summed E-state index contributed by atoms with van der Waals surface area (Å²) in [5.74, 6) is -0.107. The van der Waals surface area contributed by atoms with Crippen LogP contribution in [0.1, 0.15) is 18.5 Å². The second-order valence-electron chi connectivity index (χ2n) is 7.12. The second kappa shape index (κ2) is 7.27. The number of anilines is 2. The number of rotatable bonds is 5. The largest absolute Gasteiger partial charge is 0.494 e. The normalized spacial score (nSPS) is 15.0. The number of aromatic nitrogens is 5. The molecule has 3 heterocycles. The van der Waals surface area contributed by atoms with Crippen molar-refractivity contribution in [2.45, 2.75) is 18.9 Å². The molecule has 5 rings (SSSR count). The number of hydrogen-bond donors (Lipinski definition) is 4. The highest BCUT2D eigenvalue weighted by molar-refractivity contribution is 5.66. The summed E-state index contributed by atoms with van der Waals surface area (Å²) in [7, 11) is 1.46. The lowest BCUT2D eigenvalue weighted by Gasteiger charge is -2.11. The molecule has 4 N–H and O–H groups in total. The summed E-state index contributed by atoms with van der Waals surface area (Å²) >= 11 is 0. The average molecular weight is 423 g/mol. The number of methoxy groups -OCH3 is 1. The number of fused-ring (bicyclic) bond motifs is 1. The molecule has 3 aromatic heterocycles. The van der Waals surface area contributed by atoms with E-state index in [2.05, 4.69) is 30.4 Å². The first-order valence-electron chi connectivity index (χ1n) is 9.57. The summed E-state index contributed by atoms with van der Waals surface area (Å²) in [5.41, 5.74) is 0.776. The summed E-state index contributed by atoms with van der Waals surface area (Å²) in [4.78, 5) is 25.4. The van der Waals surface area contributed by atoms with E-state index in [1.807, 2.05) is 0 Å². The molecule has 0 amide bonds. The summed E-state index contributed by atoms with van der Waals surface area (Å²) in [6, 6.07) is 6.41. The maximum Gasteiger partial charge on any atom is 0.326 e. The number of nitrogens with zero attached hydrogens (tertiary/aromatic N) is 4. The first-order chi connectivity index (χ1) is 15.0. The van der Waals surface area contributed by atoms with E-state index in [0.29, 0.717) is 27.9 Å². The van der Waals surface area contributed by atoms with Crippen LogP contribution in [0.3, 0.4) is 0 Å². The van der Waals surface area contributed by atoms with Crippen LogP contribution in [0.5, 0.6) is 11.6 Å². The van der Waals surface area contributed by atoms with Gasteiger partial charge in [0.05, 0.1) is 19.3 Å². The highest BCUT2D eigenvalue weighted by atomic mass is 19.1. The molecule has 1 aliphatic carbocycles. The third kappa shape index (κ3) is 3.61. The topological polar surface area (TPSA) is 133 Å². The third-order valence-electron chi connectivity index (χ3n) is 4.83. The molecule has 0 unspecified atom stereocenters. The number of hydrogen-bond acceptors (Lipinski definition) is 7. The maximum absolute atomic E-state index is 14.4. The number of H-pyrrole nitrogens is 2. The van der Waals surface area contributed by atoms with Gasteiger partial charge in [0.2, 0.25) is 5.88 Å². The number of aromatic amines is 2. The molecule has 11 heteroatoms. The summed E-state index contributed by atoms with van der Waals surface area (Å²) in [6.45, 7) is 0. The van der Waals surface area contributed by atoms with Gasteiger partial charge in [-0.2, -0.15) is 9.61 Å². The molecule has 1 aromatic carbocycles. The number of halogens is 1. The van der Waals surface area contributed by atoms with Crippen LogP contribution in [-0.2, 0) is 0 Å². The number of benzene rings is 1. The smallest absolute Gasteiger partial charge is 0.326 e. The van der Waals surface area contributed by atoms with Crippen LogP contribution in [0.15, 0.2) is 40.2 Å². The molecule has 1 fully saturated rings. The zero-order chi connectivity index (χ0) is 21.5. The monoisotopic (exact) mass is 423 g/mol. The van der Waals surface area contributed by atoms with Gasteiger partial charge in [0, 0.05) is 11.3 Å². The summed E-state index contributed by atoms with van der Waals surface area (Å²) in [5, 5.41) is 17.7. The third-order valence-corrected chi connectivity index (χ3v) is 4.83. The highest BCUT2D eigenvalue weighted by Gasteiger charge is 2.20. The molecule has 10 nitrogen and oxygen atoms in total. The molecule has 0 saturated heterocycles. The van der Waals surface area contributed by atoms with E-state index < -0.39 is 11.5 Å². The van der Waals surface area contributed by atoms with Crippen molar-refractivity contribution in [1.82, 2.24) is 24.6 Å². The fourth-order valence-electron chi connectivity index (χ4n) is 3.18. The quantitative estimate of drug-likeness (QED) is 0.378. The predicted molar refractivity (Wildman–Crippen MR) is 110 cm³/mol. The van der Waals surface area contributed by atoms with Gasteiger partial charge in [-0.25, -0.2) is 14.2 Å². The van der Waals surface area contributed by atoms with E-state index in [9.17, 15) is 14.3 Å². The molecule has 31 heavy (non-hydrogen) atoms. The number of nitrogens with one attached hydrogen (secondary N) is 3. The van der Waals surface area contributed by atoms with Crippen molar-refractivity contribution in [1.29, 1.82) is 0 Å². The fourth-order valence-corrected chi connectivity index (χ4v) is 3.18. The lowest BCUT2D eigenvalue weighted by Crippen LogP contribution is -2.20. The second-order valence-corrected chi connectivity index (χ2v) is 7.12. The Morgan fingerprint density at radius 3 is 2.94 bits per heavy atom. The first kappa shape index (κ1) is 18.9. The van der Waals surface area contributed by atoms with Gasteiger partial charge in [-0.15, -0.1) is 0 Å². The molecule has 0 radical (unpaired) electrons. The Morgan fingerprint density at radius 2 is 2.23 bits per heavy atom. The van der Waals surface area contributed by atoms with Crippen molar-refractivity contribution in [3.05, 3.63) is 63.2 Å². The molecule has 0 bridgehead atoms. The first-order valence-corrected chi connectivity index (χ1v) is 9.57. The molecular formula is C20H18FN7O3. The minimum Gasteiger partial charge on any atom is -0.494 e. The van der Waals surface area contributed by atoms with Crippen molar-refractivity contribution >= 4 is 23.2 Å². The number of aromatic hydroxyl groups is 1. The predicted octanol–water partition coefficient (Wildman–Crippen LogP) is 0.953. The average Bonchev–Trinajstić information content (AvgIpc) is 3.38. The lowest BCUT2D eigenvalue weighted by molar-refractivity contribution is 0.414. The van der Waals surface area contributed by atoms with Crippen molar-refractivity contribution < 1.29 is 14.2 Å². The van der Waals surface area contributed by atoms with Crippen LogP contribution >= 0.6 is 0 Å². The minimum atomic E-state index is -0.536. The fraction of sp³-hybridized carbons (Fsp3) is 0.200. The number of imidazole rings is 1. The molecule has 1 aliphatic rings. The van der Waals surface area contributed by atoms with E-state index in [0.717, 1.165) is 12.8 Å². The molecule has 0 aliphatic heterocycles. The maximum atomic E-state index is 14.4. The van der Waals surface area contributed by atoms with Crippen LogP contribution in [0.25, 0.3) is 11.7 Å². The SMILES string of the molecule is COc1cccc(F)c1Nc1cc(=NC2CC2)n2ncc(=Cc3[nH]c(=O)[nH]c3O)c2n1. The molecule has 0 atom stereocenters. The molecule has 1 saturated carbocycles. The Balaban J connectivity index is 1.70. The van der Waals surface area contributed by atoms with Gasteiger partial charge in [-0.05, 0) is 31.1 Å². The van der Waals surface area contributed by atoms with Crippen molar-refractivity contribution in [2.75, 3.05) is 12.4 Å². The van der Waals surface area contributed by atoms with Crippen LogP contribution in [-0.4, -0.2) is 42.8 Å². The lowest BCUT2D eigenvalue weighted by atomic mass is 10.2. The van der Waals surface area contributed by atoms with Gasteiger partial charge in [0.15, 0.2) is 17.0 Å². The van der Waals surface area contributed by atoms with Crippen molar-refractivity contribution in [2.24, 2.45) is 4.99 Å². The standard InChI is InChI=1S/C20H18FN7O3/c1-31-14-4-2-3-12(21)17(14)25-15-8-16(23-11-5-6-11)28-18(26-15)10(9-22-28)7-13-19(29)27-20(30)24-13/h2-4,7-9,11,25,29H,5-6H2,1H3,(H2,24,27,30). The number of para-hydroxylation sites is 1. The van der Waals surface area contributed by atoms with Crippen molar-refractivity contribution in [3.8, 4) is 11.6 Å². The van der Waals surface area contributed by atoms with Crippen LogP contribution in [0.4, 0.5) is 15.9 Å². The Kier molecular flexibility index (Phi) is 4.42. The van der Waals surface area contributed by atoms with Crippen LogP contribution < -0.4 is 26.4 Å². The zero-order valence-corrected chi connectivity index (χ0v) is 16.4. The van der Waals surface area contributed by atoms with Gasteiger partial charge >= 0.3 is 5.69 Å². The van der Waals surface area contributed by atoms with E-state index in [1.54, 1.807) is 28.9 Å². The van der Waals surface area contributed by atoms with Crippen LogP contribution in [0, 0.1) is 5.82 Å². The van der Waals surface area contributed by atoms with Gasteiger partial charge in [0.25, 0.3) is 0 Å². The van der Waals surface area contributed by atoms with Gasteiger partial charge in [-0.1, -0.05) is 6.07 Å².